The van der Waals surface area contributed by atoms with Crippen molar-refractivity contribution in [1.29, 1.82) is 0 Å². The van der Waals surface area contributed by atoms with E-state index in [0.29, 0.717) is 24.0 Å². The molecule has 2 atom stereocenters. The SMILES string of the molecule is C[C@H](OC(=O)c1ccc(-c2nc(C3CC3)no2)cc1)[C@@H]1CCOC1. The van der Waals surface area contributed by atoms with E-state index in [1.807, 2.05) is 19.1 Å². The van der Waals surface area contributed by atoms with Crippen LogP contribution in [0.3, 0.4) is 0 Å². The first-order valence-corrected chi connectivity index (χ1v) is 8.43. The van der Waals surface area contributed by atoms with E-state index in [0.717, 1.165) is 37.3 Å². The van der Waals surface area contributed by atoms with Crippen molar-refractivity contribution in [3.63, 3.8) is 0 Å². The lowest BCUT2D eigenvalue weighted by Gasteiger charge is -2.18. The summed E-state index contributed by atoms with van der Waals surface area (Å²) in [4.78, 5) is 16.7. The van der Waals surface area contributed by atoms with Crippen LogP contribution in [0.25, 0.3) is 11.5 Å². The van der Waals surface area contributed by atoms with Crippen LogP contribution in [0.15, 0.2) is 28.8 Å². The molecule has 1 aliphatic heterocycles. The Balaban J connectivity index is 1.41. The molecule has 0 N–H and O–H groups in total. The molecule has 1 saturated carbocycles. The van der Waals surface area contributed by atoms with Crippen LogP contribution >= 0.6 is 0 Å². The second kappa shape index (κ2) is 6.36. The number of aromatic nitrogens is 2. The molecule has 126 valence electrons. The molecular formula is C18H20N2O4. The number of nitrogens with zero attached hydrogens (tertiary/aromatic N) is 2. The monoisotopic (exact) mass is 328 g/mol. The fourth-order valence-electron chi connectivity index (χ4n) is 2.86. The largest absolute Gasteiger partial charge is 0.459 e. The lowest BCUT2D eigenvalue weighted by atomic mass is 10.0. The minimum absolute atomic E-state index is 0.142. The zero-order valence-corrected chi connectivity index (χ0v) is 13.6. The quantitative estimate of drug-likeness (QED) is 0.785. The Hall–Kier alpha value is -2.21. The van der Waals surface area contributed by atoms with Crippen molar-refractivity contribution in [3.05, 3.63) is 35.7 Å². The molecule has 1 aromatic carbocycles. The fourth-order valence-corrected chi connectivity index (χ4v) is 2.86. The standard InChI is InChI=1S/C18H20N2O4/c1-11(15-8-9-22-10-15)23-18(21)14-6-4-13(5-7-14)17-19-16(20-24-17)12-2-3-12/h4-7,11-12,15H,2-3,8-10H2,1H3/t11-,15+/m0/s1. The topological polar surface area (TPSA) is 74.5 Å². The van der Waals surface area contributed by atoms with Crippen LogP contribution in [-0.4, -0.2) is 35.4 Å². The normalized spacial score (nSPS) is 21.6. The fraction of sp³-hybridized carbons (Fsp3) is 0.500. The summed E-state index contributed by atoms with van der Waals surface area (Å²) in [6, 6.07) is 7.08. The van der Waals surface area contributed by atoms with Gasteiger partial charge in [0.05, 0.1) is 12.2 Å². The third kappa shape index (κ3) is 3.19. The van der Waals surface area contributed by atoms with Crippen molar-refractivity contribution in [2.75, 3.05) is 13.2 Å². The second-order valence-corrected chi connectivity index (χ2v) is 6.54. The minimum Gasteiger partial charge on any atom is -0.459 e. The molecule has 2 heterocycles. The number of carbonyl (C=O) groups excluding carboxylic acids is 1. The van der Waals surface area contributed by atoms with Crippen molar-refractivity contribution in [2.24, 2.45) is 5.92 Å². The molecule has 0 spiro atoms. The summed E-state index contributed by atoms with van der Waals surface area (Å²) >= 11 is 0. The van der Waals surface area contributed by atoms with Gasteiger partial charge >= 0.3 is 5.97 Å². The molecule has 0 unspecified atom stereocenters. The van der Waals surface area contributed by atoms with Crippen molar-refractivity contribution in [2.45, 2.75) is 38.2 Å². The van der Waals surface area contributed by atoms with E-state index in [4.69, 9.17) is 14.0 Å². The maximum atomic E-state index is 12.2. The molecule has 6 nitrogen and oxygen atoms in total. The van der Waals surface area contributed by atoms with E-state index in [1.54, 1.807) is 12.1 Å². The zero-order chi connectivity index (χ0) is 16.5. The third-order valence-corrected chi connectivity index (χ3v) is 4.67. The number of hydrogen-bond acceptors (Lipinski definition) is 6. The van der Waals surface area contributed by atoms with Crippen molar-refractivity contribution >= 4 is 5.97 Å². The number of hydrogen-bond donors (Lipinski definition) is 0. The highest BCUT2D eigenvalue weighted by atomic mass is 16.5. The Kier molecular flexibility index (Phi) is 4.06. The first-order valence-electron chi connectivity index (χ1n) is 8.43. The van der Waals surface area contributed by atoms with Gasteiger partial charge in [-0.25, -0.2) is 4.79 Å². The summed E-state index contributed by atoms with van der Waals surface area (Å²) in [6.07, 6.45) is 3.06. The van der Waals surface area contributed by atoms with E-state index in [-0.39, 0.29) is 18.0 Å². The van der Waals surface area contributed by atoms with E-state index in [9.17, 15) is 4.79 Å². The molecular weight excluding hydrogens is 308 g/mol. The molecule has 1 aliphatic carbocycles. The number of ether oxygens (including phenoxy) is 2. The molecule has 24 heavy (non-hydrogen) atoms. The Labute approximate surface area is 140 Å². The van der Waals surface area contributed by atoms with Gasteiger partial charge in [0, 0.05) is 24.0 Å². The summed E-state index contributed by atoms with van der Waals surface area (Å²) in [5.41, 5.74) is 1.33. The van der Waals surface area contributed by atoms with Gasteiger partial charge in [0.1, 0.15) is 6.10 Å². The number of benzene rings is 1. The molecule has 4 rings (SSSR count). The minimum atomic E-state index is -0.315. The van der Waals surface area contributed by atoms with Gasteiger partial charge in [0.25, 0.3) is 5.89 Å². The van der Waals surface area contributed by atoms with Gasteiger partial charge in [-0.15, -0.1) is 0 Å². The molecule has 1 saturated heterocycles. The first-order chi connectivity index (χ1) is 11.7. The Morgan fingerprint density at radius 3 is 2.71 bits per heavy atom. The van der Waals surface area contributed by atoms with E-state index in [2.05, 4.69) is 10.1 Å². The van der Waals surface area contributed by atoms with Crippen LogP contribution in [0.1, 0.15) is 48.3 Å². The Bertz CT molecular complexity index is 715. The third-order valence-electron chi connectivity index (χ3n) is 4.67. The summed E-state index contributed by atoms with van der Waals surface area (Å²) in [5, 5.41) is 4.01. The van der Waals surface area contributed by atoms with Crippen molar-refractivity contribution in [1.82, 2.24) is 10.1 Å². The molecule has 0 amide bonds. The summed E-state index contributed by atoms with van der Waals surface area (Å²) in [6.45, 7) is 3.33. The van der Waals surface area contributed by atoms with Gasteiger partial charge in [0.15, 0.2) is 5.82 Å². The average molecular weight is 328 g/mol. The van der Waals surface area contributed by atoms with Gasteiger partial charge in [-0.1, -0.05) is 5.16 Å². The van der Waals surface area contributed by atoms with Crippen LogP contribution in [0.5, 0.6) is 0 Å². The van der Waals surface area contributed by atoms with Crippen LogP contribution in [-0.2, 0) is 9.47 Å². The average Bonchev–Trinajstić information content (AvgIpc) is 3.12. The number of esters is 1. The number of rotatable bonds is 5. The Morgan fingerprint density at radius 1 is 1.25 bits per heavy atom. The predicted octanol–water partition coefficient (Wildman–Crippen LogP) is 3.20. The van der Waals surface area contributed by atoms with E-state index < -0.39 is 0 Å². The second-order valence-electron chi connectivity index (χ2n) is 6.54. The highest BCUT2D eigenvalue weighted by molar-refractivity contribution is 5.90. The highest BCUT2D eigenvalue weighted by Crippen LogP contribution is 2.38. The van der Waals surface area contributed by atoms with Gasteiger partial charge in [0.2, 0.25) is 0 Å². The lowest BCUT2D eigenvalue weighted by Crippen LogP contribution is -2.24. The van der Waals surface area contributed by atoms with E-state index >= 15 is 0 Å². The molecule has 2 fully saturated rings. The molecule has 2 aromatic rings. The maximum Gasteiger partial charge on any atom is 0.338 e. The van der Waals surface area contributed by atoms with Gasteiger partial charge < -0.3 is 14.0 Å². The molecule has 1 aromatic heterocycles. The maximum absolute atomic E-state index is 12.2. The van der Waals surface area contributed by atoms with Gasteiger partial charge in [-0.2, -0.15) is 4.98 Å². The molecule has 0 radical (unpaired) electrons. The van der Waals surface area contributed by atoms with Crippen molar-refractivity contribution in [3.8, 4) is 11.5 Å². The molecule has 2 aliphatic rings. The predicted molar refractivity (Wildman–Crippen MR) is 85.5 cm³/mol. The van der Waals surface area contributed by atoms with Crippen LogP contribution in [0.4, 0.5) is 0 Å². The Morgan fingerprint density at radius 2 is 2.04 bits per heavy atom. The molecule has 6 heteroatoms. The lowest BCUT2D eigenvalue weighted by molar-refractivity contribution is 0.0180. The van der Waals surface area contributed by atoms with Crippen molar-refractivity contribution < 1.29 is 18.8 Å². The summed E-state index contributed by atoms with van der Waals surface area (Å²) in [7, 11) is 0. The number of carbonyl (C=O) groups is 1. The van der Waals surface area contributed by atoms with Crippen LogP contribution < -0.4 is 0 Å². The zero-order valence-electron chi connectivity index (χ0n) is 13.6. The highest BCUT2D eigenvalue weighted by Gasteiger charge is 2.29. The summed E-state index contributed by atoms with van der Waals surface area (Å²) < 4.78 is 16.2. The van der Waals surface area contributed by atoms with E-state index in [1.165, 1.54) is 0 Å². The van der Waals surface area contributed by atoms with Crippen LogP contribution in [0.2, 0.25) is 0 Å². The van der Waals surface area contributed by atoms with Gasteiger partial charge in [-0.05, 0) is 50.5 Å². The van der Waals surface area contributed by atoms with Gasteiger partial charge in [-0.3, -0.25) is 0 Å². The smallest absolute Gasteiger partial charge is 0.338 e. The van der Waals surface area contributed by atoms with Crippen LogP contribution in [0, 0.1) is 5.92 Å². The first kappa shape index (κ1) is 15.3. The summed E-state index contributed by atoms with van der Waals surface area (Å²) in [5.74, 6) is 1.70. The molecule has 0 bridgehead atoms.